The third-order valence-electron chi connectivity index (χ3n) is 5.16. The molecule has 0 fully saturated rings. The van der Waals surface area contributed by atoms with E-state index in [1.165, 1.54) is 6.42 Å². The Balaban J connectivity index is 4.60. The molecule has 2 unspecified atom stereocenters. The van der Waals surface area contributed by atoms with E-state index in [9.17, 15) is 14.7 Å². The Morgan fingerprint density at radius 1 is 1.00 bits per heavy atom. The van der Waals surface area contributed by atoms with Crippen LogP contribution in [0.1, 0.15) is 105 Å². The van der Waals surface area contributed by atoms with Gasteiger partial charge in [-0.3, -0.25) is 4.79 Å². The maximum atomic E-state index is 12.4. The molecule has 5 heteroatoms. The first-order chi connectivity index (χ1) is 13.2. The molecule has 0 heterocycles. The number of ether oxygens (including phenoxy) is 1. The Hall–Kier alpha value is -1.20. The molecule has 0 radical (unpaired) electrons. The molecule has 0 saturated carbocycles. The fourth-order valence-electron chi connectivity index (χ4n) is 3.16. The van der Waals surface area contributed by atoms with E-state index in [0.29, 0.717) is 32.3 Å². The summed E-state index contributed by atoms with van der Waals surface area (Å²) in [6.07, 6.45) is 13.7. The lowest BCUT2D eigenvalue weighted by atomic mass is 9.83. The number of carbonyl (C=O) groups is 2. The molecule has 0 aromatic rings. The van der Waals surface area contributed by atoms with Gasteiger partial charge in [-0.15, -0.1) is 0 Å². The molecular weight excluding hydrogens is 354 g/mol. The highest BCUT2D eigenvalue weighted by Crippen LogP contribution is 2.26. The molecule has 0 bridgehead atoms. The van der Waals surface area contributed by atoms with Crippen molar-refractivity contribution in [3.63, 3.8) is 0 Å². The van der Waals surface area contributed by atoms with Gasteiger partial charge in [-0.05, 0) is 65.7 Å². The smallest absolute Gasteiger partial charge is 0.326 e. The summed E-state index contributed by atoms with van der Waals surface area (Å²) < 4.78 is 5.19. The van der Waals surface area contributed by atoms with Crippen LogP contribution < -0.4 is 5.73 Å². The van der Waals surface area contributed by atoms with E-state index in [4.69, 9.17) is 10.5 Å². The summed E-state index contributed by atoms with van der Waals surface area (Å²) in [6, 6.07) is 0. The van der Waals surface area contributed by atoms with E-state index in [1.54, 1.807) is 13.8 Å². The molecule has 0 aliphatic rings. The molecule has 3 N–H and O–H groups in total. The quantitative estimate of drug-likeness (QED) is 0.208. The third kappa shape index (κ3) is 13.1. The number of esters is 1. The molecule has 0 aromatic carbocycles. The minimum Gasteiger partial charge on any atom is -0.465 e. The predicted molar refractivity (Wildman–Crippen MR) is 115 cm³/mol. The van der Waals surface area contributed by atoms with Crippen LogP contribution >= 0.6 is 0 Å². The van der Waals surface area contributed by atoms with Crippen LogP contribution in [0.5, 0.6) is 0 Å². The minimum atomic E-state index is -1.11. The number of rotatable bonds is 17. The van der Waals surface area contributed by atoms with Gasteiger partial charge in [0.25, 0.3) is 0 Å². The average molecular weight is 398 g/mol. The van der Waals surface area contributed by atoms with Crippen molar-refractivity contribution < 1.29 is 19.4 Å². The number of nitrogens with two attached hydrogens (primary N) is 1. The molecule has 5 nitrogen and oxygen atoms in total. The zero-order chi connectivity index (χ0) is 21.5. The van der Waals surface area contributed by atoms with Crippen LogP contribution in [-0.4, -0.2) is 34.6 Å². The lowest BCUT2D eigenvalue weighted by Gasteiger charge is -2.31. The van der Waals surface area contributed by atoms with Crippen molar-refractivity contribution in [2.45, 2.75) is 116 Å². The van der Waals surface area contributed by atoms with Crippen molar-refractivity contribution in [1.82, 2.24) is 0 Å². The standard InChI is InChI=1S/C23H43NO4/c1-5-7-8-13-16-22(4,27)18-19-23(24,21(26)28-6-2)17-14-11-9-10-12-15-20(3)25/h11,14,27H,5-10,12-13,15-19,24H2,1-4H3. The Morgan fingerprint density at radius 3 is 2.32 bits per heavy atom. The van der Waals surface area contributed by atoms with Gasteiger partial charge in [0.15, 0.2) is 0 Å². The van der Waals surface area contributed by atoms with Crippen molar-refractivity contribution >= 4 is 11.8 Å². The minimum absolute atomic E-state index is 0.217. The first-order valence-corrected chi connectivity index (χ1v) is 11.0. The molecule has 0 aliphatic carbocycles. The second-order valence-electron chi connectivity index (χ2n) is 8.31. The zero-order valence-corrected chi connectivity index (χ0v) is 18.6. The summed E-state index contributed by atoms with van der Waals surface area (Å²) in [5.41, 5.74) is 4.48. The molecule has 28 heavy (non-hydrogen) atoms. The van der Waals surface area contributed by atoms with Gasteiger partial charge in [-0.25, -0.2) is 0 Å². The van der Waals surface area contributed by atoms with E-state index in [2.05, 4.69) is 6.92 Å². The highest BCUT2D eigenvalue weighted by Gasteiger charge is 2.36. The van der Waals surface area contributed by atoms with Gasteiger partial charge >= 0.3 is 5.97 Å². The second kappa shape index (κ2) is 14.7. The first-order valence-electron chi connectivity index (χ1n) is 11.0. The Labute approximate surface area is 172 Å². The van der Waals surface area contributed by atoms with Gasteiger partial charge in [-0.2, -0.15) is 0 Å². The first kappa shape index (κ1) is 26.8. The average Bonchev–Trinajstić information content (AvgIpc) is 2.63. The second-order valence-corrected chi connectivity index (χ2v) is 8.31. The van der Waals surface area contributed by atoms with E-state index in [1.807, 2.05) is 19.1 Å². The molecule has 0 aromatic heterocycles. The van der Waals surface area contributed by atoms with Crippen molar-refractivity contribution in [1.29, 1.82) is 0 Å². The number of hydrogen-bond donors (Lipinski definition) is 2. The van der Waals surface area contributed by atoms with Gasteiger partial charge in [0.1, 0.15) is 11.3 Å². The van der Waals surface area contributed by atoms with Crippen molar-refractivity contribution in [3.8, 4) is 0 Å². The molecule has 0 rings (SSSR count). The van der Waals surface area contributed by atoms with Crippen LogP contribution in [0.4, 0.5) is 0 Å². The van der Waals surface area contributed by atoms with Gasteiger partial charge in [0.2, 0.25) is 0 Å². The van der Waals surface area contributed by atoms with E-state index in [0.717, 1.165) is 44.9 Å². The highest BCUT2D eigenvalue weighted by molar-refractivity contribution is 5.80. The van der Waals surface area contributed by atoms with Crippen molar-refractivity contribution in [2.24, 2.45) is 5.73 Å². The molecule has 0 amide bonds. The predicted octanol–water partition coefficient (Wildman–Crippen LogP) is 4.84. The summed E-state index contributed by atoms with van der Waals surface area (Å²) in [7, 11) is 0. The normalized spacial score (nSPS) is 15.9. The molecule has 0 spiro atoms. The molecule has 0 saturated heterocycles. The van der Waals surface area contributed by atoms with Crippen LogP contribution in [0.3, 0.4) is 0 Å². The lowest BCUT2D eigenvalue weighted by molar-refractivity contribution is -0.150. The Kier molecular flexibility index (Phi) is 14.1. The summed E-state index contributed by atoms with van der Waals surface area (Å²) in [6.45, 7) is 7.66. The third-order valence-corrected chi connectivity index (χ3v) is 5.16. The van der Waals surface area contributed by atoms with Crippen LogP contribution in [0.25, 0.3) is 0 Å². The Morgan fingerprint density at radius 2 is 1.71 bits per heavy atom. The zero-order valence-electron chi connectivity index (χ0n) is 18.6. The number of ketones is 1. The van der Waals surface area contributed by atoms with Crippen LogP contribution in [0.15, 0.2) is 12.2 Å². The summed E-state index contributed by atoms with van der Waals surface area (Å²) in [5, 5.41) is 10.6. The van der Waals surface area contributed by atoms with Gasteiger partial charge < -0.3 is 20.4 Å². The highest BCUT2D eigenvalue weighted by atomic mass is 16.5. The number of aliphatic hydroxyl groups is 1. The largest absolute Gasteiger partial charge is 0.465 e. The van der Waals surface area contributed by atoms with Crippen LogP contribution in [-0.2, 0) is 14.3 Å². The van der Waals surface area contributed by atoms with Crippen molar-refractivity contribution in [3.05, 3.63) is 12.2 Å². The topological polar surface area (TPSA) is 89.6 Å². The SMILES string of the molecule is CCCCCCC(C)(O)CCC(N)(CC=CCCCCC(C)=O)C(=O)OCC. The number of Topliss-reactive ketones (excluding diaryl/α,β-unsaturated/α-hetero) is 1. The molecule has 2 atom stereocenters. The maximum absolute atomic E-state index is 12.4. The lowest BCUT2D eigenvalue weighted by Crippen LogP contribution is -2.50. The fraction of sp³-hybridized carbons (Fsp3) is 0.826. The van der Waals surface area contributed by atoms with Crippen LogP contribution in [0.2, 0.25) is 0 Å². The summed E-state index contributed by atoms with van der Waals surface area (Å²) >= 11 is 0. The van der Waals surface area contributed by atoms with Gasteiger partial charge in [0, 0.05) is 6.42 Å². The molecular formula is C23H43NO4. The fourth-order valence-corrected chi connectivity index (χ4v) is 3.16. The van der Waals surface area contributed by atoms with Crippen LogP contribution in [0, 0.1) is 0 Å². The monoisotopic (exact) mass is 397 g/mol. The number of unbranched alkanes of at least 4 members (excludes halogenated alkanes) is 5. The van der Waals surface area contributed by atoms with E-state index in [-0.39, 0.29) is 5.78 Å². The number of allylic oxidation sites excluding steroid dienone is 1. The maximum Gasteiger partial charge on any atom is 0.326 e. The summed E-state index contributed by atoms with van der Waals surface area (Å²) in [5.74, 6) is -0.188. The van der Waals surface area contributed by atoms with Gasteiger partial charge in [-0.1, -0.05) is 44.8 Å². The van der Waals surface area contributed by atoms with Crippen molar-refractivity contribution in [2.75, 3.05) is 6.61 Å². The molecule has 0 aliphatic heterocycles. The molecule has 164 valence electrons. The van der Waals surface area contributed by atoms with E-state index >= 15 is 0 Å². The Bertz CT molecular complexity index is 473. The number of carbonyl (C=O) groups excluding carboxylic acids is 2. The summed E-state index contributed by atoms with van der Waals surface area (Å²) in [4.78, 5) is 23.4. The van der Waals surface area contributed by atoms with E-state index < -0.39 is 17.1 Å². The number of hydrogen-bond acceptors (Lipinski definition) is 5. The van der Waals surface area contributed by atoms with Gasteiger partial charge in [0.05, 0.1) is 12.2 Å².